The highest BCUT2D eigenvalue weighted by Crippen LogP contribution is 2.44. The van der Waals surface area contributed by atoms with Gasteiger partial charge in [-0.15, -0.1) is 0 Å². The minimum absolute atomic E-state index is 0.210. The van der Waals surface area contributed by atoms with Crippen molar-refractivity contribution in [3.05, 3.63) is 22.2 Å². The summed E-state index contributed by atoms with van der Waals surface area (Å²) in [5.41, 5.74) is 0.775. The molecule has 2 aliphatic heterocycles. The van der Waals surface area contributed by atoms with Crippen molar-refractivity contribution in [1.29, 1.82) is 0 Å². The van der Waals surface area contributed by atoms with E-state index in [0.717, 1.165) is 10.0 Å². The number of benzene rings is 1. The first-order valence-electron chi connectivity index (χ1n) is 5.59. The van der Waals surface area contributed by atoms with Crippen LogP contribution in [0.15, 0.2) is 16.6 Å². The van der Waals surface area contributed by atoms with Crippen molar-refractivity contribution < 1.29 is 24.1 Å². The fourth-order valence-corrected chi connectivity index (χ4v) is 2.66. The van der Waals surface area contributed by atoms with Crippen molar-refractivity contribution in [3.63, 3.8) is 0 Å². The third kappa shape index (κ3) is 1.99. The summed E-state index contributed by atoms with van der Waals surface area (Å²) in [6.45, 7) is 3.73. The molecule has 3 rings (SSSR count). The second kappa shape index (κ2) is 4.09. The van der Waals surface area contributed by atoms with Gasteiger partial charge in [-0.05, 0) is 26.0 Å². The van der Waals surface area contributed by atoms with Gasteiger partial charge in [-0.2, -0.15) is 0 Å². The van der Waals surface area contributed by atoms with Crippen molar-refractivity contribution in [2.75, 3.05) is 6.79 Å². The molecule has 98 valence electrons. The van der Waals surface area contributed by atoms with E-state index in [1.165, 1.54) is 0 Å². The average Bonchev–Trinajstić information content (AvgIpc) is 2.80. The SMILES string of the molecule is CC1(C)OC(O)[C@@H](c2cc3c(cc2Br)OCO3)O1. The van der Waals surface area contributed by atoms with Gasteiger partial charge < -0.3 is 24.1 Å². The van der Waals surface area contributed by atoms with Crippen LogP contribution in [-0.4, -0.2) is 24.0 Å². The van der Waals surface area contributed by atoms with Crippen LogP contribution >= 0.6 is 15.9 Å². The highest BCUT2D eigenvalue weighted by molar-refractivity contribution is 9.10. The largest absolute Gasteiger partial charge is 0.454 e. The first-order chi connectivity index (χ1) is 8.46. The zero-order valence-corrected chi connectivity index (χ0v) is 11.6. The number of aliphatic hydroxyl groups excluding tert-OH is 1. The number of ether oxygens (including phenoxy) is 4. The summed E-state index contributed by atoms with van der Waals surface area (Å²) in [5, 5.41) is 9.91. The van der Waals surface area contributed by atoms with Crippen LogP contribution in [0.5, 0.6) is 11.5 Å². The lowest BCUT2D eigenvalue weighted by Gasteiger charge is -2.17. The molecule has 0 amide bonds. The summed E-state index contributed by atoms with van der Waals surface area (Å²) >= 11 is 3.44. The Morgan fingerprint density at radius 2 is 1.89 bits per heavy atom. The lowest BCUT2D eigenvalue weighted by atomic mass is 10.1. The van der Waals surface area contributed by atoms with Crippen molar-refractivity contribution in [2.24, 2.45) is 0 Å². The maximum absolute atomic E-state index is 9.91. The molecule has 0 bridgehead atoms. The highest BCUT2D eigenvalue weighted by Gasteiger charge is 2.42. The second-order valence-electron chi connectivity index (χ2n) is 4.67. The quantitative estimate of drug-likeness (QED) is 0.861. The molecular formula is C12H13BrO5. The van der Waals surface area contributed by atoms with Gasteiger partial charge in [-0.25, -0.2) is 0 Å². The molecule has 1 fully saturated rings. The molecule has 0 aliphatic carbocycles. The van der Waals surface area contributed by atoms with E-state index in [2.05, 4.69) is 15.9 Å². The smallest absolute Gasteiger partial charge is 0.231 e. The summed E-state index contributed by atoms with van der Waals surface area (Å²) < 4.78 is 22.4. The van der Waals surface area contributed by atoms with Crippen LogP contribution in [0.3, 0.4) is 0 Å². The Morgan fingerprint density at radius 1 is 1.22 bits per heavy atom. The predicted octanol–water partition coefficient (Wildman–Crippen LogP) is 2.32. The molecular weight excluding hydrogens is 304 g/mol. The van der Waals surface area contributed by atoms with E-state index in [1.807, 2.05) is 0 Å². The number of halogens is 1. The monoisotopic (exact) mass is 316 g/mol. The van der Waals surface area contributed by atoms with Crippen molar-refractivity contribution in [2.45, 2.75) is 32.0 Å². The predicted molar refractivity (Wildman–Crippen MR) is 65.3 cm³/mol. The van der Waals surface area contributed by atoms with Crippen LogP contribution in [0, 0.1) is 0 Å². The topological polar surface area (TPSA) is 57.2 Å². The van der Waals surface area contributed by atoms with E-state index in [1.54, 1.807) is 26.0 Å². The molecule has 5 nitrogen and oxygen atoms in total. The van der Waals surface area contributed by atoms with Gasteiger partial charge in [0.15, 0.2) is 23.6 Å². The van der Waals surface area contributed by atoms with Crippen LogP contribution in [0.25, 0.3) is 0 Å². The molecule has 2 aliphatic rings. The van der Waals surface area contributed by atoms with E-state index in [9.17, 15) is 5.11 Å². The number of hydrogen-bond donors (Lipinski definition) is 1. The van der Waals surface area contributed by atoms with E-state index in [0.29, 0.717) is 11.5 Å². The minimum atomic E-state index is -1.00. The second-order valence-corrected chi connectivity index (χ2v) is 5.53. The molecule has 1 aromatic rings. The van der Waals surface area contributed by atoms with Gasteiger partial charge in [0.05, 0.1) is 0 Å². The van der Waals surface area contributed by atoms with Crippen LogP contribution in [0.1, 0.15) is 25.5 Å². The van der Waals surface area contributed by atoms with Gasteiger partial charge in [-0.1, -0.05) is 15.9 Å². The molecule has 1 saturated heterocycles. The zero-order chi connectivity index (χ0) is 12.9. The standard InChI is InChI=1S/C12H13BrO5/c1-12(2)17-10(11(14)18-12)6-3-8-9(4-7(6)13)16-5-15-8/h3-4,10-11,14H,5H2,1-2H3/t10-,11?/m1/s1. The lowest BCUT2D eigenvalue weighted by Crippen LogP contribution is -2.21. The molecule has 0 saturated carbocycles. The summed E-state index contributed by atoms with van der Waals surface area (Å²) in [6.07, 6.45) is -1.56. The minimum Gasteiger partial charge on any atom is -0.454 e. The Labute approximate surface area is 113 Å². The van der Waals surface area contributed by atoms with Crippen LogP contribution in [0.2, 0.25) is 0 Å². The number of fused-ring (bicyclic) bond motifs is 1. The number of aliphatic hydroxyl groups is 1. The first kappa shape index (κ1) is 12.2. The Morgan fingerprint density at radius 3 is 2.50 bits per heavy atom. The zero-order valence-electron chi connectivity index (χ0n) is 9.97. The molecule has 0 aromatic heterocycles. The fourth-order valence-electron chi connectivity index (χ4n) is 2.11. The maximum Gasteiger partial charge on any atom is 0.231 e. The van der Waals surface area contributed by atoms with Gasteiger partial charge in [0, 0.05) is 10.0 Å². The molecule has 1 N–H and O–H groups in total. The maximum atomic E-state index is 9.91. The average molecular weight is 317 g/mol. The van der Waals surface area contributed by atoms with E-state index < -0.39 is 18.2 Å². The normalized spacial score (nSPS) is 28.7. The number of hydrogen-bond acceptors (Lipinski definition) is 5. The molecule has 1 unspecified atom stereocenters. The van der Waals surface area contributed by atoms with Gasteiger partial charge in [-0.3, -0.25) is 0 Å². The molecule has 1 aromatic carbocycles. The Kier molecular flexibility index (Phi) is 2.78. The van der Waals surface area contributed by atoms with E-state index >= 15 is 0 Å². The third-order valence-electron chi connectivity index (χ3n) is 2.87. The molecule has 2 heterocycles. The molecule has 0 radical (unpaired) electrons. The summed E-state index contributed by atoms with van der Waals surface area (Å²) in [7, 11) is 0. The van der Waals surface area contributed by atoms with Crippen molar-refractivity contribution in [1.82, 2.24) is 0 Å². The molecule has 18 heavy (non-hydrogen) atoms. The molecule has 6 heteroatoms. The van der Waals surface area contributed by atoms with Gasteiger partial charge in [0.1, 0.15) is 6.10 Å². The van der Waals surface area contributed by atoms with Gasteiger partial charge in [0.25, 0.3) is 0 Å². The lowest BCUT2D eigenvalue weighted by molar-refractivity contribution is -0.174. The Bertz CT molecular complexity index is 488. The van der Waals surface area contributed by atoms with Crippen LogP contribution < -0.4 is 9.47 Å². The highest BCUT2D eigenvalue weighted by atomic mass is 79.9. The van der Waals surface area contributed by atoms with Crippen LogP contribution in [0.4, 0.5) is 0 Å². The first-order valence-corrected chi connectivity index (χ1v) is 6.38. The van der Waals surface area contributed by atoms with Gasteiger partial charge in [0.2, 0.25) is 6.79 Å². The van der Waals surface area contributed by atoms with Gasteiger partial charge >= 0.3 is 0 Å². The summed E-state index contributed by atoms with van der Waals surface area (Å²) in [5.74, 6) is 0.520. The Balaban J connectivity index is 1.98. The third-order valence-corrected chi connectivity index (χ3v) is 3.56. The Hall–Kier alpha value is -0.820. The fraction of sp³-hybridized carbons (Fsp3) is 0.500. The van der Waals surface area contributed by atoms with E-state index in [-0.39, 0.29) is 6.79 Å². The summed E-state index contributed by atoms with van der Waals surface area (Å²) in [6, 6.07) is 3.60. The van der Waals surface area contributed by atoms with Crippen molar-refractivity contribution >= 4 is 15.9 Å². The van der Waals surface area contributed by atoms with Crippen LogP contribution in [-0.2, 0) is 9.47 Å². The number of rotatable bonds is 1. The van der Waals surface area contributed by atoms with E-state index in [4.69, 9.17) is 18.9 Å². The molecule has 2 atom stereocenters. The van der Waals surface area contributed by atoms with Crippen molar-refractivity contribution in [3.8, 4) is 11.5 Å². The summed E-state index contributed by atoms with van der Waals surface area (Å²) in [4.78, 5) is 0. The molecule has 0 spiro atoms.